The molecule has 12 heteroatoms. The minimum Gasteiger partial charge on any atom is -0.350 e. The van der Waals surface area contributed by atoms with Crippen LogP contribution in [0.15, 0.2) is 24.4 Å². The SMILES string of the molecule is CC(NC(=O)c1cnn2c1CN(C(=O)c1cc3c(F)c(F)ccc3[nH]1)CC2)C(F)(F)F. The van der Waals surface area contributed by atoms with Gasteiger partial charge >= 0.3 is 6.18 Å². The van der Waals surface area contributed by atoms with Gasteiger partial charge in [-0.25, -0.2) is 8.78 Å². The van der Waals surface area contributed by atoms with Gasteiger partial charge < -0.3 is 15.2 Å². The number of hydrogen-bond acceptors (Lipinski definition) is 3. The number of amides is 2. The molecular weight excluding hydrogens is 425 g/mol. The molecular formula is C19H16F5N5O2. The number of benzene rings is 1. The van der Waals surface area contributed by atoms with Gasteiger partial charge in [0.15, 0.2) is 11.6 Å². The average Bonchev–Trinajstić information content (AvgIpc) is 3.33. The fourth-order valence-electron chi connectivity index (χ4n) is 3.39. The Hall–Kier alpha value is -3.44. The summed E-state index contributed by atoms with van der Waals surface area (Å²) in [4.78, 5) is 29.3. The monoisotopic (exact) mass is 441 g/mol. The predicted molar refractivity (Wildman–Crippen MR) is 98.2 cm³/mol. The predicted octanol–water partition coefficient (Wildman–Crippen LogP) is 2.98. The second kappa shape index (κ2) is 7.36. The maximum absolute atomic E-state index is 13.9. The molecule has 0 bridgehead atoms. The highest BCUT2D eigenvalue weighted by molar-refractivity contribution is 5.99. The van der Waals surface area contributed by atoms with Gasteiger partial charge in [0, 0.05) is 17.4 Å². The van der Waals surface area contributed by atoms with Crippen LogP contribution in [0.5, 0.6) is 0 Å². The topological polar surface area (TPSA) is 83.0 Å². The molecule has 31 heavy (non-hydrogen) atoms. The summed E-state index contributed by atoms with van der Waals surface area (Å²) in [5.41, 5.74) is 0.466. The van der Waals surface area contributed by atoms with Gasteiger partial charge in [0.2, 0.25) is 0 Å². The van der Waals surface area contributed by atoms with Crippen molar-refractivity contribution in [2.75, 3.05) is 6.54 Å². The van der Waals surface area contributed by atoms with Gasteiger partial charge in [0.25, 0.3) is 11.8 Å². The summed E-state index contributed by atoms with van der Waals surface area (Å²) in [6, 6.07) is 1.38. The van der Waals surface area contributed by atoms with Crippen LogP contribution in [-0.4, -0.2) is 50.2 Å². The van der Waals surface area contributed by atoms with Gasteiger partial charge in [-0.05, 0) is 25.1 Å². The van der Waals surface area contributed by atoms with Crippen molar-refractivity contribution >= 4 is 22.7 Å². The van der Waals surface area contributed by atoms with E-state index in [9.17, 15) is 31.5 Å². The Morgan fingerprint density at radius 3 is 2.68 bits per heavy atom. The average molecular weight is 441 g/mol. The molecule has 2 N–H and O–H groups in total. The van der Waals surface area contributed by atoms with Crippen LogP contribution in [0.1, 0.15) is 33.5 Å². The number of carbonyl (C=O) groups is 2. The van der Waals surface area contributed by atoms with Crippen molar-refractivity contribution in [3.63, 3.8) is 0 Å². The fourth-order valence-corrected chi connectivity index (χ4v) is 3.39. The lowest BCUT2D eigenvalue weighted by atomic mass is 10.1. The normalized spacial score (nSPS) is 15.1. The Labute approximate surface area is 171 Å². The zero-order valence-corrected chi connectivity index (χ0v) is 16.1. The van der Waals surface area contributed by atoms with E-state index in [1.165, 1.54) is 21.7 Å². The van der Waals surface area contributed by atoms with Crippen molar-refractivity contribution in [3.05, 3.63) is 53.0 Å². The van der Waals surface area contributed by atoms with E-state index in [1.54, 1.807) is 0 Å². The number of halogens is 5. The lowest BCUT2D eigenvalue weighted by molar-refractivity contribution is -0.149. The summed E-state index contributed by atoms with van der Waals surface area (Å²) in [5.74, 6) is -3.61. The molecule has 4 rings (SSSR count). The van der Waals surface area contributed by atoms with Crippen LogP contribution in [-0.2, 0) is 13.1 Å². The first kappa shape index (κ1) is 20.8. The van der Waals surface area contributed by atoms with Crippen molar-refractivity contribution < 1.29 is 31.5 Å². The molecule has 0 aliphatic carbocycles. The number of nitrogens with one attached hydrogen (secondary N) is 2. The van der Waals surface area contributed by atoms with Crippen LogP contribution in [0, 0.1) is 11.6 Å². The van der Waals surface area contributed by atoms with Crippen molar-refractivity contribution in [1.82, 2.24) is 25.0 Å². The van der Waals surface area contributed by atoms with Gasteiger partial charge in [-0.15, -0.1) is 0 Å². The van der Waals surface area contributed by atoms with Gasteiger partial charge in [-0.1, -0.05) is 0 Å². The summed E-state index contributed by atoms with van der Waals surface area (Å²) in [6.45, 7) is 1.15. The van der Waals surface area contributed by atoms with Crippen LogP contribution in [0.25, 0.3) is 10.9 Å². The van der Waals surface area contributed by atoms with E-state index in [2.05, 4.69) is 10.1 Å². The van der Waals surface area contributed by atoms with Crippen molar-refractivity contribution in [2.24, 2.45) is 0 Å². The molecule has 1 aliphatic heterocycles. The molecule has 1 atom stereocenters. The molecule has 164 valence electrons. The van der Waals surface area contributed by atoms with E-state index in [4.69, 9.17) is 0 Å². The molecule has 0 spiro atoms. The zero-order valence-electron chi connectivity index (χ0n) is 16.1. The molecule has 2 aromatic heterocycles. The first-order valence-electron chi connectivity index (χ1n) is 9.24. The molecule has 0 saturated heterocycles. The van der Waals surface area contributed by atoms with E-state index in [0.717, 1.165) is 19.2 Å². The highest BCUT2D eigenvalue weighted by Gasteiger charge is 2.38. The Kier molecular flexibility index (Phi) is 4.94. The third-order valence-corrected chi connectivity index (χ3v) is 5.16. The van der Waals surface area contributed by atoms with E-state index in [1.807, 2.05) is 5.32 Å². The number of aromatic amines is 1. The Bertz CT molecular complexity index is 1180. The van der Waals surface area contributed by atoms with Crippen molar-refractivity contribution in [1.29, 1.82) is 0 Å². The molecule has 0 saturated carbocycles. The maximum atomic E-state index is 13.9. The Morgan fingerprint density at radius 2 is 1.97 bits per heavy atom. The van der Waals surface area contributed by atoms with Crippen LogP contribution in [0.4, 0.5) is 22.0 Å². The molecule has 0 radical (unpaired) electrons. The van der Waals surface area contributed by atoms with E-state index < -0.39 is 35.7 Å². The summed E-state index contributed by atoms with van der Waals surface area (Å²) in [7, 11) is 0. The second-order valence-corrected chi connectivity index (χ2v) is 7.20. The largest absolute Gasteiger partial charge is 0.408 e. The van der Waals surface area contributed by atoms with Crippen LogP contribution in [0.2, 0.25) is 0 Å². The second-order valence-electron chi connectivity index (χ2n) is 7.20. The lowest BCUT2D eigenvalue weighted by Gasteiger charge is -2.28. The third-order valence-electron chi connectivity index (χ3n) is 5.16. The lowest BCUT2D eigenvalue weighted by Crippen LogP contribution is -2.44. The molecule has 2 amide bonds. The highest BCUT2D eigenvalue weighted by atomic mass is 19.4. The molecule has 1 aromatic carbocycles. The molecule has 1 aliphatic rings. The molecule has 0 fully saturated rings. The van der Waals surface area contributed by atoms with Gasteiger partial charge in [-0.3, -0.25) is 14.3 Å². The van der Waals surface area contributed by atoms with Crippen molar-refractivity contribution in [3.8, 4) is 0 Å². The van der Waals surface area contributed by atoms with Gasteiger partial charge in [0.1, 0.15) is 11.7 Å². The van der Waals surface area contributed by atoms with E-state index >= 15 is 0 Å². The highest BCUT2D eigenvalue weighted by Crippen LogP contribution is 2.25. The molecule has 3 heterocycles. The maximum Gasteiger partial charge on any atom is 0.408 e. The minimum atomic E-state index is -4.60. The number of carbonyl (C=O) groups excluding carboxylic acids is 2. The first-order valence-corrected chi connectivity index (χ1v) is 9.24. The van der Waals surface area contributed by atoms with E-state index in [0.29, 0.717) is 0 Å². The molecule has 1 unspecified atom stereocenters. The van der Waals surface area contributed by atoms with Crippen LogP contribution >= 0.6 is 0 Å². The summed E-state index contributed by atoms with van der Waals surface area (Å²) in [5, 5.41) is 5.80. The summed E-state index contributed by atoms with van der Waals surface area (Å²) in [6.07, 6.45) is -3.45. The molecule has 7 nitrogen and oxygen atoms in total. The zero-order chi connectivity index (χ0) is 22.5. The molecule has 3 aromatic rings. The standard InChI is InChI=1S/C19H16F5N5O2/c1-9(19(22,23)24)26-17(30)11-7-25-29-5-4-28(8-15(11)29)18(31)14-6-10-13(27-14)3-2-12(20)16(10)21/h2-3,6-7,9,27H,4-5,8H2,1H3,(H,26,30). The number of aromatic nitrogens is 3. The Morgan fingerprint density at radius 1 is 1.23 bits per heavy atom. The quantitative estimate of drug-likeness (QED) is 0.614. The fraction of sp³-hybridized carbons (Fsp3) is 0.316. The number of nitrogens with zero attached hydrogens (tertiary/aromatic N) is 3. The van der Waals surface area contributed by atoms with Gasteiger partial charge in [0.05, 0.1) is 30.5 Å². The van der Waals surface area contributed by atoms with E-state index in [-0.39, 0.29) is 47.5 Å². The van der Waals surface area contributed by atoms with Gasteiger partial charge in [-0.2, -0.15) is 18.3 Å². The van der Waals surface area contributed by atoms with Crippen LogP contribution < -0.4 is 5.32 Å². The summed E-state index contributed by atoms with van der Waals surface area (Å²) < 4.78 is 67.0. The smallest absolute Gasteiger partial charge is 0.350 e. The number of fused-ring (bicyclic) bond motifs is 2. The number of alkyl halides is 3. The first-order chi connectivity index (χ1) is 14.6. The number of hydrogen-bond donors (Lipinski definition) is 2. The van der Waals surface area contributed by atoms with Crippen LogP contribution in [0.3, 0.4) is 0 Å². The third kappa shape index (κ3) is 3.73. The number of H-pyrrole nitrogens is 1. The minimum absolute atomic E-state index is 0.0177. The Balaban J connectivity index is 1.56. The van der Waals surface area contributed by atoms with Crippen molar-refractivity contribution in [2.45, 2.75) is 32.2 Å². The number of rotatable bonds is 3. The summed E-state index contributed by atoms with van der Waals surface area (Å²) >= 11 is 0.